The second-order valence-corrected chi connectivity index (χ2v) is 2.43. The number of ketones is 1. The maximum absolute atomic E-state index is 10.6. The van der Waals surface area contributed by atoms with Crippen LogP contribution in [-0.2, 0) is 4.79 Å². The van der Waals surface area contributed by atoms with Gasteiger partial charge in [-0.2, -0.15) is 0 Å². The molecule has 0 saturated carbocycles. The van der Waals surface area contributed by atoms with Crippen molar-refractivity contribution < 1.29 is 9.90 Å². The van der Waals surface area contributed by atoms with E-state index >= 15 is 0 Å². The fourth-order valence-electron chi connectivity index (χ4n) is 0.480. The predicted octanol–water partition coefficient (Wildman–Crippen LogP) is 0.994. The van der Waals surface area contributed by atoms with Crippen LogP contribution >= 0.6 is 12.6 Å². The van der Waals surface area contributed by atoms with Crippen molar-refractivity contribution in [3.8, 4) is 0 Å². The third kappa shape index (κ3) is 4.48. The SMILES string of the molecule is CCCCC(=O)C(O)S. The normalized spacial score (nSPS) is 13.2. The summed E-state index contributed by atoms with van der Waals surface area (Å²) in [7, 11) is 0. The Morgan fingerprint density at radius 2 is 2.33 bits per heavy atom. The van der Waals surface area contributed by atoms with E-state index in [1.807, 2.05) is 6.92 Å². The van der Waals surface area contributed by atoms with Crippen LogP contribution in [0.1, 0.15) is 26.2 Å². The molecule has 0 fully saturated rings. The van der Waals surface area contributed by atoms with E-state index in [2.05, 4.69) is 12.6 Å². The summed E-state index contributed by atoms with van der Waals surface area (Å²) in [5, 5.41) is 8.56. The summed E-state index contributed by atoms with van der Waals surface area (Å²) < 4.78 is 0. The molecule has 0 bridgehead atoms. The van der Waals surface area contributed by atoms with Crippen molar-refractivity contribution in [2.75, 3.05) is 0 Å². The fourth-order valence-corrected chi connectivity index (χ4v) is 0.609. The predicted molar refractivity (Wildman–Crippen MR) is 39.5 cm³/mol. The summed E-state index contributed by atoms with van der Waals surface area (Å²) in [6.07, 6.45) is 2.27. The van der Waals surface area contributed by atoms with Gasteiger partial charge in [-0.25, -0.2) is 0 Å². The van der Waals surface area contributed by atoms with Gasteiger partial charge >= 0.3 is 0 Å². The van der Waals surface area contributed by atoms with Gasteiger partial charge in [-0.1, -0.05) is 13.3 Å². The number of aliphatic hydroxyl groups is 1. The van der Waals surface area contributed by atoms with E-state index < -0.39 is 5.44 Å². The van der Waals surface area contributed by atoms with Crippen LogP contribution in [0.25, 0.3) is 0 Å². The monoisotopic (exact) mass is 148 g/mol. The lowest BCUT2D eigenvalue weighted by atomic mass is 10.2. The Bertz CT molecular complexity index is 91.1. The average molecular weight is 148 g/mol. The Morgan fingerprint density at radius 1 is 1.78 bits per heavy atom. The molecular formula is C6H12O2S. The molecule has 0 aliphatic heterocycles. The lowest BCUT2D eigenvalue weighted by molar-refractivity contribution is -0.123. The smallest absolute Gasteiger partial charge is 0.171 e. The van der Waals surface area contributed by atoms with Crippen LogP contribution in [0.3, 0.4) is 0 Å². The van der Waals surface area contributed by atoms with E-state index in [-0.39, 0.29) is 5.78 Å². The van der Waals surface area contributed by atoms with E-state index in [9.17, 15) is 4.79 Å². The van der Waals surface area contributed by atoms with Crippen LogP contribution in [-0.4, -0.2) is 16.3 Å². The quantitative estimate of drug-likeness (QED) is 0.461. The molecule has 1 N–H and O–H groups in total. The van der Waals surface area contributed by atoms with Gasteiger partial charge in [0.05, 0.1) is 0 Å². The van der Waals surface area contributed by atoms with E-state index in [0.717, 1.165) is 12.8 Å². The van der Waals surface area contributed by atoms with Crippen molar-refractivity contribution in [1.29, 1.82) is 0 Å². The first-order chi connectivity index (χ1) is 4.18. The Labute approximate surface area is 60.7 Å². The molecule has 0 aliphatic rings. The van der Waals surface area contributed by atoms with Crippen molar-refractivity contribution in [2.45, 2.75) is 31.6 Å². The molecule has 0 heterocycles. The first kappa shape index (κ1) is 8.98. The molecule has 0 rings (SSSR count). The number of carbonyl (C=O) groups excluding carboxylic acids is 1. The number of unbranched alkanes of at least 4 members (excludes halogenated alkanes) is 1. The van der Waals surface area contributed by atoms with Crippen LogP contribution in [0.4, 0.5) is 0 Å². The van der Waals surface area contributed by atoms with Crippen LogP contribution in [0.2, 0.25) is 0 Å². The van der Waals surface area contributed by atoms with Crippen molar-refractivity contribution in [3.05, 3.63) is 0 Å². The molecule has 9 heavy (non-hydrogen) atoms. The Balaban J connectivity index is 3.28. The van der Waals surface area contributed by atoms with Gasteiger partial charge in [0.1, 0.15) is 0 Å². The van der Waals surface area contributed by atoms with Gasteiger partial charge in [-0.15, -0.1) is 12.6 Å². The molecule has 3 heteroatoms. The molecule has 0 saturated heterocycles. The van der Waals surface area contributed by atoms with E-state index in [0.29, 0.717) is 6.42 Å². The lowest BCUT2D eigenvalue weighted by Gasteiger charge is -1.99. The third-order valence-electron chi connectivity index (χ3n) is 1.06. The molecule has 0 aromatic carbocycles. The zero-order valence-electron chi connectivity index (χ0n) is 5.50. The zero-order valence-corrected chi connectivity index (χ0v) is 6.40. The van der Waals surface area contributed by atoms with Gasteiger partial charge in [0.25, 0.3) is 0 Å². The number of carbonyl (C=O) groups is 1. The second kappa shape index (κ2) is 4.82. The average Bonchev–Trinajstić information content (AvgIpc) is 1.82. The summed E-state index contributed by atoms with van der Waals surface area (Å²) in [5.74, 6) is -0.180. The zero-order chi connectivity index (χ0) is 7.28. The summed E-state index contributed by atoms with van der Waals surface area (Å²) in [4.78, 5) is 10.6. The van der Waals surface area contributed by atoms with Crippen LogP contribution in [0.5, 0.6) is 0 Å². The number of rotatable bonds is 4. The highest BCUT2D eigenvalue weighted by Crippen LogP contribution is 2.00. The molecule has 1 unspecified atom stereocenters. The third-order valence-corrected chi connectivity index (χ3v) is 1.35. The van der Waals surface area contributed by atoms with Gasteiger partial charge in [-0.3, -0.25) is 4.79 Å². The molecule has 0 aliphatic carbocycles. The molecule has 1 atom stereocenters. The summed E-state index contributed by atoms with van der Waals surface area (Å²) in [6.45, 7) is 2.00. The van der Waals surface area contributed by atoms with Crippen LogP contribution in [0.15, 0.2) is 0 Å². The lowest BCUT2D eigenvalue weighted by Crippen LogP contribution is -2.12. The molecular weight excluding hydrogens is 136 g/mol. The summed E-state index contributed by atoms with van der Waals surface area (Å²) in [5.41, 5.74) is -1.07. The van der Waals surface area contributed by atoms with Gasteiger partial charge in [-0.05, 0) is 6.42 Å². The molecule has 0 spiro atoms. The van der Waals surface area contributed by atoms with E-state index in [1.165, 1.54) is 0 Å². The molecule has 0 aromatic rings. The number of thiol groups is 1. The van der Waals surface area contributed by atoms with Gasteiger partial charge in [0.2, 0.25) is 0 Å². The molecule has 0 radical (unpaired) electrons. The van der Waals surface area contributed by atoms with Crippen LogP contribution in [0, 0.1) is 0 Å². The highest BCUT2D eigenvalue weighted by molar-refractivity contribution is 7.81. The number of Topliss-reactive ketones (excluding diaryl/α,β-unsaturated/α-hetero) is 1. The molecule has 2 nitrogen and oxygen atoms in total. The number of aliphatic hydroxyl groups excluding tert-OH is 1. The second-order valence-electron chi connectivity index (χ2n) is 1.94. The maximum atomic E-state index is 10.6. The van der Waals surface area contributed by atoms with Gasteiger partial charge in [0, 0.05) is 6.42 Å². The summed E-state index contributed by atoms with van der Waals surface area (Å²) in [6, 6.07) is 0. The van der Waals surface area contributed by atoms with Crippen LogP contribution < -0.4 is 0 Å². The standard InChI is InChI=1S/C6H12O2S/c1-2-3-4-5(7)6(8)9/h6,8-9H,2-4H2,1H3. The van der Waals surface area contributed by atoms with E-state index in [4.69, 9.17) is 5.11 Å². The molecule has 54 valence electrons. The topological polar surface area (TPSA) is 37.3 Å². The Hall–Kier alpha value is -0.0200. The fraction of sp³-hybridized carbons (Fsp3) is 0.833. The van der Waals surface area contributed by atoms with Crippen molar-refractivity contribution >= 4 is 18.4 Å². The molecule has 0 amide bonds. The largest absolute Gasteiger partial charge is 0.375 e. The minimum atomic E-state index is -1.07. The highest BCUT2D eigenvalue weighted by atomic mass is 32.1. The Morgan fingerprint density at radius 3 is 2.67 bits per heavy atom. The van der Waals surface area contributed by atoms with Gasteiger partial charge < -0.3 is 5.11 Å². The first-order valence-electron chi connectivity index (χ1n) is 3.07. The maximum Gasteiger partial charge on any atom is 0.171 e. The van der Waals surface area contributed by atoms with E-state index in [1.54, 1.807) is 0 Å². The van der Waals surface area contributed by atoms with Gasteiger partial charge in [0.15, 0.2) is 11.2 Å². The van der Waals surface area contributed by atoms with Crippen molar-refractivity contribution in [1.82, 2.24) is 0 Å². The van der Waals surface area contributed by atoms with Crippen molar-refractivity contribution in [2.24, 2.45) is 0 Å². The first-order valence-corrected chi connectivity index (χ1v) is 3.59. The Kier molecular flexibility index (Phi) is 4.81. The molecule has 0 aromatic heterocycles. The minimum Gasteiger partial charge on any atom is -0.375 e. The van der Waals surface area contributed by atoms with Crippen molar-refractivity contribution in [3.63, 3.8) is 0 Å². The number of hydrogen-bond donors (Lipinski definition) is 2. The minimum absolute atomic E-state index is 0.180. The summed E-state index contributed by atoms with van der Waals surface area (Å²) >= 11 is 3.57. The number of hydrogen-bond acceptors (Lipinski definition) is 3. The highest BCUT2D eigenvalue weighted by Gasteiger charge is 2.07.